The lowest BCUT2D eigenvalue weighted by atomic mass is 10.1. The van der Waals surface area contributed by atoms with Crippen LogP contribution < -0.4 is 0 Å². The summed E-state index contributed by atoms with van der Waals surface area (Å²) in [5, 5.41) is 8.17. The molecule has 0 aromatic heterocycles. The van der Waals surface area contributed by atoms with E-state index in [0.717, 1.165) is 12.1 Å². The number of halogens is 6. The van der Waals surface area contributed by atoms with Crippen LogP contribution in [0.4, 0.5) is 26.3 Å². The molecule has 0 heterocycles. The Kier molecular flexibility index (Phi) is 2.62. The zero-order valence-corrected chi connectivity index (χ0v) is 6.72. The van der Waals surface area contributed by atoms with E-state index in [1.807, 2.05) is 0 Å². The molecule has 7 heteroatoms. The lowest BCUT2D eigenvalue weighted by Crippen LogP contribution is -2.13. The Morgan fingerprint density at radius 1 is 1.07 bits per heavy atom. The molecule has 0 saturated carbocycles. The SMILES string of the molecule is N#Cc1c(F)c(F)[c]c(F)c1C(F)(F)F. The van der Waals surface area contributed by atoms with Gasteiger partial charge in [0.2, 0.25) is 0 Å². The molecule has 0 unspecified atom stereocenters. The highest BCUT2D eigenvalue weighted by Crippen LogP contribution is 2.35. The highest BCUT2D eigenvalue weighted by Gasteiger charge is 2.39. The molecule has 0 aliphatic carbocycles. The van der Waals surface area contributed by atoms with Crippen LogP contribution in [0.25, 0.3) is 0 Å². The zero-order valence-electron chi connectivity index (χ0n) is 6.72. The molecule has 1 radical (unpaired) electrons. The fourth-order valence-electron chi connectivity index (χ4n) is 0.914. The van der Waals surface area contributed by atoms with Gasteiger partial charge in [-0.2, -0.15) is 18.4 Å². The first-order valence-corrected chi connectivity index (χ1v) is 3.36. The molecule has 0 spiro atoms. The molecule has 15 heavy (non-hydrogen) atoms. The topological polar surface area (TPSA) is 23.8 Å². The maximum absolute atomic E-state index is 12.7. The van der Waals surface area contributed by atoms with E-state index in [1.165, 1.54) is 0 Å². The molecule has 1 nitrogen and oxygen atoms in total. The van der Waals surface area contributed by atoms with Gasteiger partial charge in [-0.25, -0.2) is 13.2 Å². The van der Waals surface area contributed by atoms with Crippen molar-refractivity contribution in [1.82, 2.24) is 0 Å². The first-order chi connectivity index (χ1) is 6.79. The van der Waals surface area contributed by atoms with Gasteiger partial charge in [-0.05, 0) is 0 Å². The van der Waals surface area contributed by atoms with E-state index in [4.69, 9.17) is 5.26 Å². The number of nitriles is 1. The molecule has 0 atom stereocenters. The van der Waals surface area contributed by atoms with Crippen LogP contribution in [0.2, 0.25) is 0 Å². The number of nitrogens with zero attached hydrogens (tertiary/aromatic N) is 1. The van der Waals surface area contributed by atoms with Gasteiger partial charge in [0.05, 0.1) is 6.07 Å². The van der Waals surface area contributed by atoms with Crippen LogP contribution in [-0.2, 0) is 6.18 Å². The molecule has 0 N–H and O–H groups in total. The molecule has 0 fully saturated rings. The van der Waals surface area contributed by atoms with Crippen molar-refractivity contribution in [1.29, 1.82) is 5.26 Å². The van der Waals surface area contributed by atoms with Crippen molar-refractivity contribution in [3.05, 3.63) is 34.6 Å². The second-order valence-corrected chi connectivity index (χ2v) is 2.43. The standard InChI is InChI=1S/C8F6N/c9-4-1-5(10)7(11)3(2-15)6(4)8(12,13)14. The molecular formula is C8F6N. The smallest absolute Gasteiger partial charge is 0.205 e. The summed E-state index contributed by atoms with van der Waals surface area (Å²) in [7, 11) is 0. The van der Waals surface area contributed by atoms with Crippen LogP contribution in [-0.4, -0.2) is 0 Å². The third-order valence-corrected chi connectivity index (χ3v) is 1.50. The van der Waals surface area contributed by atoms with Crippen molar-refractivity contribution in [3.8, 4) is 6.07 Å². The summed E-state index contributed by atoms with van der Waals surface area (Å²) in [4.78, 5) is 0. The number of alkyl halides is 3. The molecule has 0 amide bonds. The van der Waals surface area contributed by atoms with E-state index in [1.54, 1.807) is 0 Å². The molecule has 0 bridgehead atoms. The molecule has 0 saturated heterocycles. The van der Waals surface area contributed by atoms with Crippen molar-refractivity contribution >= 4 is 0 Å². The molecule has 79 valence electrons. The Morgan fingerprint density at radius 3 is 2.00 bits per heavy atom. The van der Waals surface area contributed by atoms with Crippen LogP contribution in [0.15, 0.2) is 0 Å². The second-order valence-electron chi connectivity index (χ2n) is 2.43. The Balaban J connectivity index is 3.67. The fourth-order valence-corrected chi connectivity index (χ4v) is 0.914. The Labute approximate surface area is 79.5 Å². The van der Waals surface area contributed by atoms with Gasteiger partial charge < -0.3 is 0 Å². The molecule has 0 aliphatic heterocycles. The molecule has 1 rings (SSSR count). The summed E-state index contributed by atoms with van der Waals surface area (Å²) in [6.45, 7) is 0. The van der Waals surface area contributed by atoms with Crippen molar-refractivity contribution < 1.29 is 26.3 Å². The molecule has 1 aromatic rings. The van der Waals surface area contributed by atoms with Crippen molar-refractivity contribution in [2.75, 3.05) is 0 Å². The van der Waals surface area contributed by atoms with Crippen LogP contribution in [0.3, 0.4) is 0 Å². The highest BCUT2D eigenvalue weighted by molar-refractivity contribution is 5.41. The maximum atomic E-state index is 12.7. The largest absolute Gasteiger partial charge is 0.420 e. The first-order valence-electron chi connectivity index (χ1n) is 3.36. The second kappa shape index (κ2) is 3.46. The van der Waals surface area contributed by atoms with Crippen LogP contribution in [0, 0.1) is 34.8 Å². The Hall–Kier alpha value is -1.71. The van der Waals surface area contributed by atoms with Gasteiger partial charge in [-0.3, -0.25) is 0 Å². The summed E-state index contributed by atoms with van der Waals surface area (Å²) in [5.41, 5.74) is -3.86. The predicted molar refractivity (Wildman–Crippen MR) is 34.9 cm³/mol. The number of benzene rings is 1. The normalized spacial score (nSPS) is 11.3. The van der Waals surface area contributed by atoms with E-state index in [9.17, 15) is 26.3 Å². The average molecular weight is 224 g/mol. The lowest BCUT2D eigenvalue weighted by Gasteiger charge is -2.10. The maximum Gasteiger partial charge on any atom is 0.420 e. The van der Waals surface area contributed by atoms with Gasteiger partial charge in [0.1, 0.15) is 23.0 Å². The minimum Gasteiger partial charge on any atom is -0.205 e. The number of rotatable bonds is 0. The van der Waals surface area contributed by atoms with Gasteiger partial charge in [0.15, 0.2) is 11.6 Å². The predicted octanol–water partition coefficient (Wildman–Crippen LogP) is 2.79. The van der Waals surface area contributed by atoms with Gasteiger partial charge in [-0.1, -0.05) is 0 Å². The summed E-state index contributed by atoms with van der Waals surface area (Å²) in [6.07, 6.45) is -5.28. The zero-order chi connectivity index (χ0) is 11.8. The minimum atomic E-state index is -5.28. The monoisotopic (exact) mass is 224 g/mol. The van der Waals surface area contributed by atoms with Gasteiger partial charge in [-0.15, -0.1) is 0 Å². The van der Waals surface area contributed by atoms with Gasteiger partial charge in [0, 0.05) is 0 Å². The summed E-state index contributed by atoms with van der Waals surface area (Å²) in [5.74, 6) is -6.17. The van der Waals surface area contributed by atoms with Gasteiger partial charge >= 0.3 is 6.18 Å². The van der Waals surface area contributed by atoms with Crippen LogP contribution in [0.5, 0.6) is 0 Å². The van der Waals surface area contributed by atoms with Crippen molar-refractivity contribution in [2.24, 2.45) is 0 Å². The third kappa shape index (κ3) is 1.88. The minimum absolute atomic E-state index is 0.757. The van der Waals surface area contributed by atoms with E-state index in [2.05, 4.69) is 0 Å². The highest BCUT2D eigenvalue weighted by atomic mass is 19.4. The van der Waals surface area contributed by atoms with E-state index in [-0.39, 0.29) is 0 Å². The van der Waals surface area contributed by atoms with Gasteiger partial charge in [0.25, 0.3) is 0 Å². The van der Waals surface area contributed by atoms with E-state index < -0.39 is 34.8 Å². The van der Waals surface area contributed by atoms with Crippen molar-refractivity contribution in [2.45, 2.75) is 6.18 Å². The summed E-state index contributed by atoms with van der Waals surface area (Å²) < 4.78 is 74.0. The Bertz CT molecular complexity index is 442. The third-order valence-electron chi connectivity index (χ3n) is 1.50. The van der Waals surface area contributed by atoms with E-state index in [0.29, 0.717) is 0 Å². The lowest BCUT2D eigenvalue weighted by molar-refractivity contribution is -0.140. The summed E-state index contributed by atoms with van der Waals surface area (Å²) in [6, 6.07) is 1.67. The molecular weight excluding hydrogens is 224 g/mol. The van der Waals surface area contributed by atoms with Crippen molar-refractivity contribution in [3.63, 3.8) is 0 Å². The van der Waals surface area contributed by atoms with E-state index >= 15 is 0 Å². The number of hydrogen-bond donors (Lipinski definition) is 0. The summed E-state index contributed by atoms with van der Waals surface area (Å²) >= 11 is 0. The number of hydrogen-bond acceptors (Lipinski definition) is 1. The molecule has 0 aliphatic rings. The fraction of sp³-hybridized carbons (Fsp3) is 0.125. The van der Waals surface area contributed by atoms with Crippen LogP contribution in [0.1, 0.15) is 11.1 Å². The van der Waals surface area contributed by atoms with Crippen LogP contribution >= 0.6 is 0 Å². The first kappa shape index (κ1) is 11.4. The molecule has 1 aromatic carbocycles. The average Bonchev–Trinajstić information content (AvgIpc) is 2.08. The Morgan fingerprint density at radius 2 is 1.60 bits per heavy atom. The quantitative estimate of drug-likeness (QED) is 0.491.